The quantitative estimate of drug-likeness (QED) is 0.839. The van der Waals surface area contributed by atoms with E-state index >= 15 is 0 Å². The number of carbonyl (C=O) groups is 1. The Labute approximate surface area is 122 Å². The van der Waals surface area contributed by atoms with E-state index in [1.165, 1.54) is 0 Å². The second-order valence-corrected chi connectivity index (χ2v) is 6.36. The molecule has 4 heteroatoms. The molecule has 1 aromatic rings. The number of nitrogens with zero attached hydrogens (tertiary/aromatic N) is 1. The summed E-state index contributed by atoms with van der Waals surface area (Å²) in [5, 5.41) is 6.13. The fraction of sp³-hybridized carbons (Fsp3) is 0.562. The number of aryl methyl sites for hydroxylation is 1. The van der Waals surface area contributed by atoms with Crippen LogP contribution in [0.1, 0.15) is 29.8 Å². The Morgan fingerprint density at radius 1 is 1.30 bits per heavy atom. The van der Waals surface area contributed by atoms with Gasteiger partial charge in [-0.2, -0.15) is 0 Å². The van der Waals surface area contributed by atoms with Gasteiger partial charge in [0.1, 0.15) is 0 Å². The predicted octanol–water partition coefficient (Wildman–Crippen LogP) is 2.35. The number of hydrogen-bond donors (Lipinski definition) is 2. The molecule has 0 saturated carbocycles. The number of rotatable bonds is 6. The van der Waals surface area contributed by atoms with Crippen molar-refractivity contribution in [1.82, 2.24) is 10.2 Å². The van der Waals surface area contributed by atoms with Gasteiger partial charge in [-0.25, -0.2) is 0 Å². The summed E-state index contributed by atoms with van der Waals surface area (Å²) in [5.74, 6) is -0.0115. The van der Waals surface area contributed by atoms with Crippen molar-refractivity contribution in [2.75, 3.05) is 39.5 Å². The molecular weight excluding hydrogens is 250 g/mol. The lowest BCUT2D eigenvalue weighted by Crippen LogP contribution is -2.40. The van der Waals surface area contributed by atoms with Crippen molar-refractivity contribution in [3.63, 3.8) is 0 Å². The number of hydrogen-bond acceptors (Lipinski definition) is 3. The number of carbonyl (C=O) groups excluding carboxylic acids is 1. The van der Waals surface area contributed by atoms with Crippen LogP contribution in [-0.2, 0) is 0 Å². The first kappa shape index (κ1) is 16.5. The average Bonchev–Trinajstić information content (AvgIpc) is 2.34. The fourth-order valence-electron chi connectivity index (χ4n) is 2.42. The minimum absolute atomic E-state index is 0.0115. The van der Waals surface area contributed by atoms with Crippen molar-refractivity contribution in [2.24, 2.45) is 5.41 Å². The number of nitrogens with one attached hydrogen (secondary N) is 2. The lowest BCUT2D eigenvalue weighted by atomic mass is 9.93. The van der Waals surface area contributed by atoms with Crippen LogP contribution in [0.3, 0.4) is 0 Å². The van der Waals surface area contributed by atoms with Gasteiger partial charge in [0.15, 0.2) is 0 Å². The van der Waals surface area contributed by atoms with Gasteiger partial charge in [-0.1, -0.05) is 13.8 Å². The summed E-state index contributed by atoms with van der Waals surface area (Å²) in [6, 6.07) is 5.71. The highest BCUT2D eigenvalue weighted by Gasteiger charge is 2.20. The third-order valence-corrected chi connectivity index (χ3v) is 3.23. The van der Waals surface area contributed by atoms with Crippen LogP contribution in [0.15, 0.2) is 18.2 Å². The Balaban J connectivity index is 2.65. The summed E-state index contributed by atoms with van der Waals surface area (Å²) in [5.41, 5.74) is 2.89. The van der Waals surface area contributed by atoms with E-state index in [4.69, 9.17) is 0 Å². The van der Waals surface area contributed by atoms with Crippen molar-refractivity contribution in [3.05, 3.63) is 29.3 Å². The molecule has 0 heterocycles. The van der Waals surface area contributed by atoms with Gasteiger partial charge in [-0.15, -0.1) is 0 Å². The molecule has 0 unspecified atom stereocenters. The number of benzene rings is 1. The smallest absolute Gasteiger partial charge is 0.251 e. The van der Waals surface area contributed by atoms with Gasteiger partial charge in [0.05, 0.1) is 0 Å². The van der Waals surface area contributed by atoms with E-state index in [-0.39, 0.29) is 11.3 Å². The van der Waals surface area contributed by atoms with Gasteiger partial charge in [0.25, 0.3) is 5.91 Å². The fourth-order valence-corrected chi connectivity index (χ4v) is 2.42. The molecule has 0 aliphatic rings. The van der Waals surface area contributed by atoms with Crippen LogP contribution in [0.4, 0.5) is 5.69 Å². The SMILES string of the molecule is CNc1ccc(C(=O)NCC(C)(C)CN(C)C)cc1C. The molecule has 1 amide bonds. The lowest BCUT2D eigenvalue weighted by molar-refractivity contribution is 0.0929. The Morgan fingerprint density at radius 2 is 1.95 bits per heavy atom. The van der Waals surface area contributed by atoms with Crippen LogP contribution in [0.5, 0.6) is 0 Å². The molecule has 0 saturated heterocycles. The van der Waals surface area contributed by atoms with Gasteiger partial charge < -0.3 is 15.5 Å². The largest absolute Gasteiger partial charge is 0.388 e. The molecule has 4 nitrogen and oxygen atoms in total. The lowest BCUT2D eigenvalue weighted by Gasteiger charge is -2.28. The van der Waals surface area contributed by atoms with Crippen molar-refractivity contribution in [2.45, 2.75) is 20.8 Å². The van der Waals surface area contributed by atoms with Crippen molar-refractivity contribution >= 4 is 11.6 Å². The van der Waals surface area contributed by atoms with E-state index in [1.807, 2.05) is 46.3 Å². The van der Waals surface area contributed by atoms with E-state index in [0.717, 1.165) is 17.8 Å². The third kappa shape index (κ3) is 4.85. The summed E-state index contributed by atoms with van der Waals surface area (Å²) in [4.78, 5) is 14.3. The molecule has 2 N–H and O–H groups in total. The molecule has 0 spiro atoms. The van der Waals surface area contributed by atoms with Gasteiger partial charge in [-0.3, -0.25) is 4.79 Å². The summed E-state index contributed by atoms with van der Waals surface area (Å²) < 4.78 is 0. The zero-order chi connectivity index (χ0) is 15.3. The molecule has 1 aromatic carbocycles. The average molecular weight is 277 g/mol. The molecular formula is C16H27N3O. The van der Waals surface area contributed by atoms with Gasteiger partial charge >= 0.3 is 0 Å². The van der Waals surface area contributed by atoms with Crippen LogP contribution >= 0.6 is 0 Å². The molecule has 0 bridgehead atoms. The van der Waals surface area contributed by atoms with Crippen LogP contribution in [0.2, 0.25) is 0 Å². The molecule has 0 radical (unpaired) electrons. The second kappa shape index (κ2) is 6.75. The minimum Gasteiger partial charge on any atom is -0.388 e. The monoisotopic (exact) mass is 277 g/mol. The summed E-state index contributed by atoms with van der Waals surface area (Å²) in [6.45, 7) is 7.91. The van der Waals surface area contributed by atoms with Gasteiger partial charge in [-0.05, 0) is 50.2 Å². The summed E-state index contributed by atoms with van der Waals surface area (Å²) in [6.07, 6.45) is 0. The Hall–Kier alpha value is -1.55. The normalized spacial score (nSPS) is 11.6. The topological polar surface area (TPSA) is 44.4 Å². The molecule has 0 aromatic heterocycles. The first-order chi connectivity index (χ1) is 9.25. The Kier molecular flexibility index (Phi) is 5.57. The molecule has 0 aliphatic carbocycles. The second-order valence-electron chi connectivity index (χ2n) is 6.36. The molecule has 20 heavy (non-hydrogen) atoms. The third-order valence-electron chi connectivity index (χ3n) is 3.23. The van der Waals surface area contributed by atoms with Gasteiger partial charge in [0.2, 0.25) is 0 Å². The highest BCUT2D eigenvalue weighted by Crippen LogP contribution is 2.17. The zero-order valence-electron chi connectivity index (χ0n) is 13.5. The molecule has 0 aliphatic heterocycles. The summed E-state index contributed by atoms with van der Waals surface area (Å²) in [7, 11) is 5.97. The van der Waals surface area contributed by atoms with E-state index < -0.39 is 0 Å². The first-order valence-corrected chi connectivity index (χ1v) is 6.96. The highest BCUT2D eigenvalue weighted by atomic mass is 16.1. The molecule has 0 atom stereocenters. The van der Waals surface area contributed by atoms with Crippen molar-refractivity contribution < 1.29 is 4.79 Å². The van der Waals surface area contributed by atoms with Crippen LogP contribution in [0, 0.1) is 12.3 Å². The van der Waals surface area contributed by atoms with E-state index in [1.54, 1.807) is 0 Å². The number of anilines is 1. The molecule has 112 valence electrons. The molecule has 0 fully saturated rings. The highest BCUT2D eigenvalue weighted by molar-refractivity contribution is 5.94. The maximum atomic E-state index is 12.2. The zero-order valence-corrected chi connectivity index (χ0v) is 13.5. The van der Waals surface area contributed by atoms with E-state index in [2.05, 4.69) is 29.4 Å². The predicted molar refractivity (Wildman–Crippen MR) is 85.4 cm³/mol. The van der Waals surface area contributed by atoms with Crippen LogP contribution in [0.25, 0.3) is 0 Å². The van der Waals surface area contributed by atoms with Crippen molar-refractivity contribution in [3.8, 4) is 0 Å². The van der Waals surface area contributed by atoms with Gasteiger partial charge in [0, 0.05) is 31.4 Å². The minimum atomic E-state index is -0.0115. The van der Waals surface area contributed by atoms with Crippen LogP contribution < -0.4 is 10.6 Å². The standard InChI is InChI=1S/C16H27N3O/c1-12-9-13(7-8-14(12)17-4)15(20)18-10-16(2,3)11-19(5)6/h7-9,17H,10-11H2,1-6H3,(H,18,20). The first-order valence-electron chi connectivity index (χ1n) is 6.96. The molecule has 1 rings (SSSR count). The maximum Gasteiger partial charge on any atom is 0.251 e. The van der Waals surface area contributed by atoms with E-state index in [9.17, 15) is 4.79 Å². The van der Waals surface area contributed by atoms with Crippen LogP contribution in [-0.4, -0.2) is 45.0 Å². The Bertz CT molecular complexity index is 467. The van der Waals surface area contributed by atoms with E-state index in [0.29, 0.717) is 12.1 Å². The number of amides is 1. The Morgan fingerprint density at radius 3 is 2.45 bits per heavy atom. The van der Waals surface area contributed by atoms with Crippen molar-refractivity contribution in [1.29, 1.82) is 0 Å². The summed E-state index contributed by atoms with van der Waals surface area (Å²) >= 11 is 0. The maximum absolute atomic E-state index is 12.2.